The molecule has 0 aliphatic heterocycles. The lowest BCUT2D eigenvalue weighted by atomic mass is 10.1. The molecule has 3 nitrogen and oxygen atoms in total. The minimum Gasteiger partial charge on any atom is -0.389 e. The molecule has 3 heteroatoms. The molecule has 1 atom stereocenters. The summed E-state index contributed by atoms with van der Waals surface area (Å²) in [6.45, 7) is 3.48. The Hall–Kier alpha value is -1.61. The zero-order valence-corrected chi connectivity index (χ0v) is 8.74. The molecule has 2 aromatic rings. The molecule has 0 bridgehead atoms. The van der Waals surface area contributed by atoms with Crippen molar-refractivity contribution in [2.24, 2.45) is 0 Å². The molecule has 0 spiro atoms. The maximum absolute atomic E-state index is 11.4. The summed E-state index contributed by atoms with van der Waals surface area (Å²) in [5.41, 5.74) is 2.20. The van der Waals surface area contributed by atoms with Crippen LogP contribution in [0.4, 0.5) is 0 Å². The summed E-state index contributed by atoms with van der Waals surface area (Å²) in [6.07, 6.45) is -0.515. The molecule has 0 fully saturated rings. The summed E-state index contributed by atoms with van der Waals surface area (Å²) in [5.74, 6) is 0. The predicted octanol–water partition coefficient (Wildman–Crippen LogP) is 1.89. The van der Waals surface area contributed by atoms with E-state index in [1.165, 1.54) is 0 Å². The molecule has 78 valence electrons. The van der Waals surface area contributed by atoms with E-state index in [0.29, 0.717) is 5.56 Å². The summed E-state index contributed by atoms with van der Waals surface area (Å²) in [4.78, 5) is 14.2. The molecule has 2 N–H and O–H groups in total. The van der Waals surface area contributed by atoms with Crippen LogP contribution in [0, 0.1) is 6.92 Å². The Morgan fingerprint density at radius 2 is 2.07 bits per heavy atom. The number of aliphatic hydroxyl groups excluding tert-OH is 1. The second kappa shape index (κ2) is 3.51. The van der Waals surface area contributed by atoms with Gasteiger partial charge >= 0.3 is 0 Å². The van der Waals surface area contributed by atoms with Gasteiger partial charge in [-0.15, -0.1) is 0 Å². The van der Waals surface area contributed by atoms with Crippen molar-refractivity contribution in [1.82, 2.24) is 4.98 Å². The van der Waals surface area contributed by atoms with Crippen molar-refractivity contribution in [3.63, 3.8) is 0 Å². The van der Waals surface area contributed by atoms with Gasteiger partial charge in [-0.25, -0.2) is 0 Å². The minimum atomic E-state index is -0.515. The van der Waals surface area contributed by atoms with Crippen molar-refractivity contribution >= 4 is 10.9 Å². The average Bonchev–Trinajstić information content (AvgIpc) is 2.19. The molecule has 15 heavy (non-hydrogen) atoms. The number of benzene rings is 1. The van der Waals surface area contributed by atoms with Crippen molar-refractivity contribution in [3.05, 3.63) is 45.7 Å². The molecule has 0 radical (unpaired) electrons. The summed E-state index contributed by atoms with van der Waals surface area (Å²) in [6, 6.07) is 7.42. The number of aromatic nitrogens is 1. The fourth-order valence-corrected chi connectivity index (χ4v) is 1.59. The van der Waals surface area contributed by atoms with Crippen LogP contribution in [0.25, 0.3) is 10.9 Å². The van der Waals surface area contributed by atoms with Crippen LogP contribution in [-0.2, 0) is 0 Å². The first-order chi connectivity index (χ1) is 7.08. The van der Waals surface area contributed by atoms with Gasteiger partial charge in [-0.3, -0.25) is 4.79 Å². The van der Waals surface area contributed by atoms with Crippen LogP contribution in [-0.4, -0.2) is 10.1 Å². The van der Waals surface area contributed by atoms with Crippen LogP contribution >= 0.6 is 0 Å². The van der Waals surface area contributed by atoms with Gasteiger partial charge in [-0.1, -0.05) is 12.1 Å². The highest BCUT2D eigenvalue weighted by molar-refractivity contribution is 5.79. The van der Waals surface area contributed by atoms with Crippen LogP contribution < -0.4 is 5.56 Å². The third-order valence-corrected chi connectivity index (χ3v) is 2.54. The highest BCUT2D eigenvalue weighted by Gasteiger charge is 2.03. The van der Waals surface area contributed by atoms with Gasteiger partial charge in [0.05, 0.1) is 6.10 Å². The molecular formula is C12H13NO2. The maximum Gasteiger partial charge on any atom is 0.251 e. The van der Waals surface area contributed by atoms with Crippen LogP contribution in [0.5, 0.6) is 0 Å². The second-order valence-corrected chi connectivity index (χ2v) is 3.80. The molecule has 1 aromatic heterocycles. The summed E-state index contributed by atoms with van der Waals surface area (Å²) >= 11 is 0. The number of hydrogen-bond donors (Lipinski definition) is 2. The first-order valence-corrected chi connectivity index (χ1v) is 4.89. The number of aromatic amines is 1. The molecule has 1 aromatic carbocycles. The van der Waals surface area contributed by atoms with E-state index in [1.807, 2.05) is 18.2 Å². The molecule has 0 saturated heterocycles. The normalized spacial score (nSPS) is 13.0. The summed E-state index contributed by atoms with van der Waals surface area (Å²) in [7, 11) is 0. The monoisotopic (exact) mass is 203 g/mol. The molecule has 0 saturated carbocycles. The quantitative estimate of drug-likeness (QED) is 0.743. The van der Waals surface area contributed by atoms with Crippen molar-refractivity contribution in [2.45, 2.75) is 20.0 Å². The van der Waals surface area contributed by atoms with Crippen molar-refractivity contribution in [1.29, 1.82) is 0 Å². The highest BCUT2D eigenvalue weighted by atomic mass is 16.3. The molecule has 1 unspecified atom stereocenters. The first-order valence-electron chi connectivity index (χ1n) is 4.89. The third kappa shape index (κ3) is 1.78. The van der Waals surface area contributed by atoms with E-state index in [1.54, 1.807) is 19.9 Å². The first kappa shape index (κ1) is 9.93. The lowest BCUT2D eigenvalue weighted by molar-refractivity contribution is 0.199. The zero-order valence-electron chi connectivity index (χ0n) is 8.74. The average molecular weight is 203 g/mol. The second-order valence-electron chi connectivity index (χ2n) is 3.80. The van der Waals surface area contributed by atoms with E-state index in [-0.39, 0.29) is 5.56 Å². The van der Waals surface area contributed by atoms with Gasteiger partial charge in [-0.05, 0) is 36.9 Å². The largest absolute Gasteiger partial charge is 0.389 e. The predicted molar refractivity (Wildman–Crippen MR) is 59.9 cm³/mol. The van der Waals surface area contributed by atoms with Crippen LogP contribution in [0.15, 0.2) is 29.1 Å². The Bertz CT molecular complexity index is 555. The number of fused-ring (bicyclic) bond motifs is 1. The van der Waals surface area contributed by atoms with Crippen molar-refractivity contribution in [3.8, 4) is 0 Å². The van der Waals surface area contributed by atoms with Gasteiger partial charge in [0, 0.05) is 11.1 Å². The van der Waals surface area contributed by atoms with Crippen molar-refractivity contribution in [2.75, 3.05) is 0 Å². The van der Waals surface area contributed by atoms with E-state index < -0.39 is 6.10 Å². The zero-order chi connectivity index (χ0) is 11.0. The number of aryl methyl sites for hydroxylation is 1. The van der Waals surface area contributed by atoms with Gasteiger partial charge in [0.1, 0.15) is 0 Å². The van der Waals surface area contributed by atoms with E-state index in [9.17, 15) is 9.90 Å². The molecule has 0 aliphatic carbocycles. The Morgan fingerprint density at radius 1 is 1.33 bits per heavy atom. The van der Waals surface area contributed by atoms with Gasteiger partial charge in [-0.2, -0.15) is 0 Å². The molecule has 0 amide bonds. The molecule has 1 heterocycles. The number of nitrogens with one attached hydrogen (secondary N) is 1. The number of pyridine rings is 1. The smallest absolute Gasteiger partial charge is 0.251 e. The third-order valence-electron chi connectivity index (χ3n) is 2.54. The van der Waals surface area contributed by atoms with Gasteiger partial charge in [0.2, 0.25) is 0 Å². The van der Waals surface area contributed by atoms with Crippen molar-refractivity contribution < 1.29 is 5.11 Å². The molecule has 0 aliphatic rings. The molecule has 2 rings (SSSR count). The standard InChI is InChI=1S/C12H13NO2/c1-7-5-10-4-3-9(8(2)14)6-11(10)13-12(7)15/h3-6,8,14H,1-2H3,(H,13,15). The topological polar surface area (TPSA) is 53.1 Å². The number of H-pyrrole nitrogens is 1. The van der Waals surface area contributed by atoms with Gasteiger partial charge in [0.15, 0.2) is 0 Å². The molecular weight excluding hydrogens is 190 g/mol. The van der Waals surface area contributed by atoms with E-state index in [4.69, 9.17) is 0 Å². The maximum atomic E-state index is 11.4. The Labute approximate surface area is 87.4 Å². The Balaban J connectivity index is 2.72. The number of hydrogen-bond acceptors (Lipinski definition) is 2. The Morgan fingerprint density at radius 3 is 2.73 bits per heavy atom. The summed E-state index contributed by atoms with van der Waals surface area (Å²) in [5, 5.41) is 10.4. The van der Waals surface area contributed by atoms with Gasteiger partial charge < -0.3 is 10.1 Å². The van der Waals surface area contributed by atoms with Crippen LogP contribution in [0.3, 0.4) is 0 Å². The lowest BCUT2D eigenvalue weighted by Crippen LogP contribution is -2.08. The van der Waals surface area contributed by atoms with E-state index >= 15 is 0 Å². The summed E-state index contributed by atoms with van der Waals surface area (Å²) < 4.78 is 0. The minimum absolute atomic E-state index is 0.0785. The lowest BCUT2D eigenvalue weighted by Gasteiger charge is -2.06. The van der Waals surface area contributed by atoms with Crippen LogP contribution in [0.1, 0.15) is 24.2 Å². The SMILES string of the molecule is Cc1cc2ccc(C(C)O)cc2[nH]c1=O. The van der Waals surface area contributed by atoms with E-state index in [2.05, 4.69) is 4.98 Å². The fourth-order valence-electron chi connectivity index (χ4n) is 1.59. The Kier molecular flexibility index (Phi) is 2.32. The fraction of sp³-hybridized carbons (Fsp3) is 0.250. The van der Waals surface area contributed by atoms with E-state index in [0.717, 1.165) is 16.5 Å². The highest BCUT2D eigenvalue weighted by Crippen LogP contribution is 2.18. The van der Waals surface area contributed by atoms with Gasteiger partial charge in [0.25, 0.3) is 5.56 Å². The van der Waals surface area contributed by atoms with Crippen LogP contribution in [0.2, 0.25) is 0 Å². The number of aliphatic hydroxyl groups is 1. The number of rotatable bonds is 1.